The van der Waals surface area contributed by atoms with Crippen molar-refractivity contribution in [3.8, 4) is 27.9 Å². The fourth-order valence-corrected chi connectivity index (χ4v) is 9.94. The second kappa shape index (κ2) is 14.1. The first-order valence-corrected chi connectivity index (χ1v) is 21.6. The molecule has 0 N–H and O–H groups in total. The molecule has 0 radical (unpaired) electrons. The largest absolute Gasteiger partial charge is 0.453 e. The molecule has 0 saturated heterocycles. The van der Waals surface area contributed by atoms with Gasteiger partial charge in [0, 0.05) is 44.0 Å². The van der Waals surface area contributed by atoms with Crippen molar-refractivity contribution < 1.29 is 4.42 Å². The summed E-state index contributed by atoms with van der Waals surface area (Å²) in [6.45, 7) is 0. The molecular formula is C60H38N2O. The molecule has 0 aliphatic heterocycles. The fraction of sp³-hybridized carbons (Fsp3) is 0. The molecule has 0 aliphatic rings. The molecule has 294 valence electrons. The Bertz CT molecular complexity index is 3860. The Morgan fingerprint density at radius 2 is 0.794 bits per heavy atom. The predicted molar refractivity (Wildman–Crippen MR) is 266 cm³/mol. The van der Waals surface area contributed by atoms with Crippen LogP contribution >= 0.6 is 0 Å². The van der Waals surface area contributed by atoms with E-state index < -0.39 is 0 Å². The van der Waals surface area contributed by atoms with Gasteiger partial charge in [-0.25, -0.2) is 0 Å². The highest BCUT2D eigenvalue weighted by Gasteiger charge is 2.21. The second-order valence-electron chi connectivity index (χ2n) is 16.5. The summed E-state index contributed by atoms with van der Waals surface area (Å²) >= 11 is 0. The molecule has 3 heteroatoms. The number of anilines is 3. The van der Waals surface area contributed by atoms with Crippen molar-refractivity contribution in [2.45, 2.75) is 0 Å². The number of hydrogen-bond donors (Lipinski definition) is 0. The summed E-state index contributed by atoms with van der Waals surface area (Å²) in [4.78, 5) is 2.33. The fourth-order valence-electron chi connectivity index (χ4n) is 9.94. The van der Waals surface area contributed by atoms with Crippen molar-refractivity contribution in [3.05, 3.63) is 231 Å². The molecule has 0 atom stereocenters. The minimum absolute atomic E-state index is 0.859. The van der Waals surface area contributed by atoms with Crippen LogP contribution in [-0.4, -0.2) is 4.57 Å². The standard InChI is InChI=1S/C60H38N2O/c1-3-15-49-41(11-1)23-24-45-37-44(30-35-50(45)49)40-27-33-47(34-28-40)61(58-22-10-19-54-55-36-29-42-12-2-4-16-51(42)59(55)63-60(54)58)46-31-25-39(26-32-46)43-13-9-14-48(38-43)62-56-20-7-5-17-52(56)53-18-6-8-21-57(53)62/h1-38H. The number of furan rings is 1. The number of aromatic nitrogens is 1. The van der Waals surface area contributed by atoms with E-state index in [0.717, 1.165) is 66.6 Å². The number of nitrogens with zero attached hydrogens (tertiary/aromatic N) is 2. The minimum atomic E-state index is 0.859. The van der Waals surface area contributed by atoms with E-state index in [0.29, 0.717) is 0 Å². The third kappa shape index (κ3) is 5.67. The quantitative estimate of drug-likeness (QED) is 0.156. The van der Waals surface area contributed by atoms with Gasteiger partial charge >= 0.3 is 0 Å². The lowest BCUT2D eigenvalue weighted by Crippen LogP contribution is -2.10. The minimum Gasteiger partial charge on any atom is -0.453 e. The van der Waals surface area contributed by atoms with Gasteiger partial charge < -0.3 is 13.9 Å². The third-order valence-corrected chi connectivity index (χ3v) is 13.0. The number of para-hydroxylation sites is 3. The van der Waals surface area contributed by atoms with Crippen molar-refractivity contribution in [2.75, 3.05) is 4.90 Å². The monoisotopic (exact) mass is 802 g/mol. The molecule has 13 rings (SSSR count). The topological polar surface area (TPSA) is 21.3 Å². The molecule has 0 fully saturated rings. The first-order chi connectivity index (χ1) is 31.2. The lowest BCUT2D eigenvalue weighted by Gasteiger charge is -2.26. The first kappa shape index (κ1) is 35.4. The lowest BCUT2D eigenvalue weighted by molar-refractivity contribution is 0.673. The molecule has 0 saturated carbocycles. The summed E-state index contributed by atoms with van der Waals surface area (Å²) < 4.78 is 9.32. The van der Waals surface area contributed by atoms with Gasteiger partial charge in [-0.15, -0.1) is 0 Å². The number of fused-ring (bicyclic) bond motifs is 11. The molecule has 63 heavy (non-hydrogen) atoms. The molecular weight excluding hydrogens is 765 g/mol. The van der Waals surface area contributed by atoms with Crippen LogP contribution in [0.1, 0.15) is 0 Å². The van der Waals surface area contributed by atoms with Crippen LogP contribution in [0.3, 0.4) is 0 Å². The molecule has 0 spiro atoms. The van der Waals surface area contributed by atoms with Gasteiger partial charge in [-0.05, 0) is 116 Å². The summed E-state index contributed by atoms with van der Waals surface area (Å²) in [5.41, 5.74) is 13.1. The molecule has 11 aromatic carbocycles. The van der Waals surface area contributed by atoms with Crippen LogP contribution in [0.2, 0.25) is 0 Å². The van der Waals surface area contributed by atoms with E-state index in [1.807, 2.05) is 0 Å². The van der Waals surface area contributed by atoms with Crippen LogP contribution in [0, 0.1) is 0 Å². The van der Waals surface area contributed by atoms with E-state index in [2.05, 4.69) is 240 Å². The average molecular weight is 803 g/mol. The Balaban J connectivity index is 0.928. The zero-order valence-electron chi connectivity index (χ0n) is 34.2. The van der Waals surface area contributed by atoms with Crippen molar-refractivity contribution in [2.24, 2.45) is 0 Å². The molecule has 0 bridgehead atoms. The smallest absolute Gasteiger partial charge is 0.159 e. The number of rotatable bonds is 6. The summed E-state index contributed by atoms with van der Waals surface area (Å²) in [5, 5.41) is 12.1. The number of benzene rings is 11. The van der Waals surface area contributed by atoms with Gasteiger partial charge in [0.2, 0.25) is 0 Å². The molecule has 2 heterocycles. The van der Waals surface area contributed by atoms with E-state index in [4.69, 9.17) is 4.42 Å². The molecule has 2 aromatic heterocycles. The lowest BCUT2D eigenvalue weighted by atomic mass is 9.97. The third-order valence-electron chi connectivity index (χ3n) is 13.0. The Labute approximate surface area is 363 Å². The zero-order valence-corrected chi connectivity index (χ0v) is 34.2. The van der Waals surface area contributed by atoms with E-state index in [-0.39, 0.29) is 0 Å². The van der Waals surface area contributed by atoms with Crippen LogP contribution in [-0.2, 0) is 0 Å². The first-order valence-electron chi connectivity index (χ1n) is 21.6. The molecule has 0 amide bonds. The van der Waals surface area contributed by atoms with Crippen LogP contribution in [0.25, 0.3) is 104 Å². The van der Waals surface area contributed by atoms with Gasteiger partial charge in [-0.3, -0.25) is 0 Å². The second-order valence-corrected chi connectivity index (χ2v) is 16.5. The van der Waals surface area contributed by atoms with Crippen LogP contribution < -0.4 is 4.90 Å². The maximum atomic E-state index is 6.94. The highest BCUT2D eigenvalue weighted by atomic mass is 16.3. The molecule has 0 aliphatic carbocycles. The molecule has 13 aromatic rings. The van der Waals surface area contributed by atoms with E-state index in [9.17, 15) is 0 Å². The van der Waals surface area contributed by atoms with Crippen molar-refractivity contribution in [1.29, 1.82) is 0 Å². The summed E-state index contributed by atoms with van der Waals surface area (Å²) in [5.74, 6) is 0. The average Bonchev–Trinajstić information content (AvgIpc) is 3.91. The van der Waals surface area contributed by atoms with E-state index in [1.54, 1.807) is 0 Å². The maximum absolute atomic E-state index is 6.94. The Morgan fingerprint density at radius 3 is 1.51 bits per heavy atom. The predicted octanol–water partition coefficient (Wildman–Crippen LogP) is 16.9. The Kier molecular flexibility index (Phi) is 7.91. The van der Waals surface area contributed by atoms with E-state index >= 15 is 0 Å². The van der Waals surface area contributed by atoms with Gasteiger partial charge in [-0.1, -0.05) is 164 Å². The van der Waals surface area contributed by atoms with Gasteiger partial charge in [0.05, 0.1) is 16.7 Å². The van der Waals surface area contributed by atoms with Crippen LogP contribution in [0.5, 0.6) is 0 Å². The Hall–Kier alpha value is -8.40. The normalized spacial score (nSPS) is 11.8. The van der Waals surface area contributed by atoms with Crippen molar-refractivity contribution >= 4 is 93.1 Å². The van der Waals surface area contributed by atoms with Crippen LogP contribution in [0.15, 0.2) is 235 Å². The zero-order chi connectivity index (χ0) is 41.4. The maximum Gasteiger partial charge on any atom is 0.159 e. The Morgan fingerprint density at radius 1 is 0.302 bits per heavy atom. The summed E-state index contributed by atoms with van der Waals surface area (Å²) in [6.07, 6.45) is 0. The van der Waals surface area contributed by atoms with Gasteiger partial charge in [0.15, 0.2) is 5.58 Å². The van der Waals surface area contributed by atoms with Crippen LogP contribution in [0.4, 0.5) is 17.1 Å². The SMILES string of the molecule is c1cc(-c2ccc(N(c3ccc(-c4ccc5c(ccc6ccccc65)c4)cc3)c3cccc4c3oc3c5ccccc5ccc43)cc2)cc(-n2c3ccccc3c3ccccc32)c1. The number of hydrogen-bond acceptors (Lipinski definition) is 2. The van der Waals surface area contributed by atoms with Crippen molar-refractivity contribution in [1.82, 2.24) is 4.57 Å². The van der Waals surface area contributed by atoms with Gasteiger partial charge in [0.1, 0.15) is 5.58 Å². The summed E-state index contributed by atoms with van der Waals surface area (Å²) in [7, 11) is 0. The summed E-state index contributed by atoms with van der Waals surface area (Å²) in [6, 6.07) is 83.4. The van der Waals surface area contributed by atoms with Gasteiger partial charge in [-0.2, -0.15) is 0 Å². The molecule has 3 nitrogen and oxygen atoms in total. The highest BCUT2D eigenvalue weighted by molar-refractivity contribution is 6.18. The van der Waals surface area contributed by atoms with Crippen molar-refractivity contribution in [3.63, 3.8) is 0 Å². The molecule has 0 unspecified atom stereocenters. The van der Waals surface area contributed by atoms with Gasteiger partial charge in [0.25, 0.3) is 0 Å². The van der Waals surface area contributed by atoms with E-state index in [1.165, 1.54) is 54.5 Å². The highest BCUT2D eigenvalue weighted by Crippen LogP contribution is 2.44.